The average molecular weight is 940 g/mol. The number of hydrogen-bond donors (Lipinski definition) is 3. The van der Waals surface area contributed by atoms with Gasteiger partial charge in [0, 0.05) is 105 Å². The number of nitrogens with zero attached hydrogens (tertiary/aromatic N) is 7. The molecule has 2 saturated heterocycles. The number of fused-ring (bicyclic) bond motifs is 6. The zero-order valence-corrected chi connectivity index (χ0v) is 41.1. The fourth-order valence-electron chi connectivity index (χ4n) is 9.90. The summed E-state index contributed by atoms with van der Waals surface area (Å²) in [5, 5.41) is 19.5. The number of aromatic nitrogens is 3. The molecule has 0 saturated carbocycles. The van der Waals surface area contributed by atoms with Crippen LogP contribution in [0.2, 0.25) is 0 Å². The lowest BCUT2D eigenvalue weighted by Crippen LogP contribution is -2.67. The van der Waals surface area contributed by atoms with Crippen molar-refractivity contribution >= 4 is 52.0 Å². The predicted octanol–water partition coefficient (Wildman–Crippen LogP) is 5.22. The van der Waals surface area contributed by atoms with Crippen LogP contribution in [-0.4, -0.2) is 139 Å². The molecule has 17 nitrogen and oxygen atoms in total. The van der Waals surface area contributed by atoms with Crippen LogP contribution in [-0.2, 0) is 48.5 Å². The van der Waals surface area contributed by atoms with Gasteiger partial charge in [0.15, 0.2) is 0 Å². The van der Waals surface area contributed by atoms with E-state index in [1.165, 1.54) is 27.3 Å². The summed E-state index contributed by atoms with van der Waals surface area (Å²) >= 11 is 1.35. The summed E-state index contributed by atoms with van der Waals surface area (Å²) in [4.78, 5) is 84.5. The number of carbonyl (C=O) groups excluding carboxylic acids is 5. The highest BCUT2D eigenvalue weighted by Gasteiger charge is 2.46. The minimum atomic E-state index is -2.24. The van der Waals surface area contributed by atoms with E-state index in [9.17, 15) is 29.1 Å². The molecule has 7 rings (SSSR count). The van der Waals surface area contributed by atoms with Crippen molar-refractivity contribution in [3.63, 3.8) is 0 Å². The molecule has 3 aliphatic rings. The molecular weight excluding hydrogens is 875 g/mol. The lowest BCUT2D eigenvalue weighted by Gasteiger charge is -2.46. The zero-order valence-electron chi connectivity index (χ0n) is 40.3. The van der Waals surface area contributed by atoms with E-state index in [4.69, 9.17) is 19.4 Å². The van der Waals surface area contributed by atoms with Crippen molar-refractivity contribution in [2.75, 3.05) is 40.4 Å². The number of piperazine rings is 1. The molecule has 3 aromatic heterocycles. The lowest BCUT2D eigenvalue weighted by molar-refractivity contribution is -0.189. The van der Waals surface area contributed by atoms with Gasteiger partial charge in [0.2, 0.25) is 17.5 Å². The molecule has 5 amide bonds. The summed E-state index contributed by atoms with van der Waals surface area (Å²) in [7, 11) is 5.25. The van der Waals surface area contributed by atoms with E-state index in [2.05, 4.69) is 34.0 Å². The molecule has 6 bridgehead atoms. The van der Waals surface area contributed by atoms with Crippen molar-refractivity contribution in [3.8, 4) is 22.5 Å². The smallest absolute Gasteiger partial charge is 0.355 e. The maximum Gasteiger partial charge on any atom is 0.355 e. The highest BCUT2D eigenvalue weighted by Crippen LogP contribution is 2.41. The third-order valence-corrected chi connectivity index (χ3v) is 14.2. The lowest BCUT2D eigenvalue weighted by atomic mass is 9.84. The Bertz CT molecular complexity index is 2540. The number of ether oxygens (including phenoxy) is 2. The number of pyridine rings is 1. The number of nitrogens with one attached hydrogen (secondary N) is 2. The number of amides is 5. The van der Waals surface area contributed by atoms with E-state index in [-0.39, 0.29) is 68.5 Å². The van der Waals surface area contributed by atoms with Gasteiger partial charge in [-0.05, 0) is 75.4 Å². The van der Waals surface area contributed by atoms with E-state index in [0.29, 0.717) is 30.2 Å². The van der Waals surface area contributed by atoms with E-state index >= 15 is 0 Å². The Morgan fingerprint density at radius 3 is 2.52 bits per heavy atom. The van der Waals surface area contributed by atoms with Gasteiger partial charge in [-0.1, -0.05) is 40.3 Å². The number of hydrogen-bond acceptors (Lipinski definition) is 12. The molecule has 1 aromatic carbocycles. The number of urea groups is 1. The number of methoxy groups -OCH3 is 1. The summed E-state index contributed by atoms with van der Waals surface area (Å²) in [6, 6.07) is 6.82. The van der Waals surface area contributed by atoms with Crippen LogP contribution in [0.25, 0.3) is 33.4 Å². The van der Waals surface area contributed by atoms with Gasteiger partial charge in [0.05, 0.1) is 34.8 Å². The summed E-state index contributed by atoms with van der Waals surface area (Å²) < 4.78 is 13.9. The fourth-order valence-corrected chi connectivity index (χ4v) is 10.7. The second kappa shape index (κ2) is 19.5. The second-order valence-corrected chi connectivity index (χ2v) is 20.4. The van der Waals surface area contributed by atoms with Crippen LogP contribution < -0.4 is 10.7 Å². The van der Waals surface area contributed by atoms with Gasteiger partial charge in [-0.2, -0.15) is 5.43 Å². The van der Waals surface area contributed by atoms with E-state index in [1.54, 1.807) is 30.2 Å². The number of cyclic esters (lactones) is 1. The number of rotatable bonds is 8. The van der Waals surface area contributed by atoms with Crippen LogP contribution in [0.3, 0.4) is 0 Å². The summed E-state index contributed by atoms with van der Waals surface area (Å²) in [5.74, 6) is -2.68. The van der Waals surface area contributed by atoms with E-state index in [0.717, 1.165) is 39.0 Å². The molecule has 2 fully saturated rings. The molecule has 0 aliphatic carbocycles. The van der Waals surface area contributed by atoms with Crippen LogP contribution in [0.5, 0.6) is 0 Å². The largest absolute Gasteiger partial charge is 0.462 e. The first-order valence-corrected chi connectivity index (χ1v) is 23.9. The minimum absolute atomic E-state index is 0.0180. The van der Waals surface area contributed by atoms with Crippen molar-refractivity contribution in [1.29, 1.82) is 0 Å². The number of carbonyl (C=O) groups is 5. The van der Waals surface area contributed by atoms with Crippen LogP contribution in [0.4, 0.5) is 4.79 Å². The summed E-state index contributed by atoms with van der Waals surface area (Å²) in [6.07, 6.45) is 3.42. The van der Waals surface area contributed by atoms with Crippen LogP contribution >= 0.6 is 11.3 Å². The normalized spacial score (nSPS) is 23.3. The van der Waals surface area contributed by atoms with Crippen molar-refractivity contribution in [3.05, 3.63) is 70.8 Å². The highest BCUT2D eigenvalue weighted by molar-refractivity contribution is 7.10. The first kappa shape index (κ1) is 49.2. The molecular formula is C49H65N9O8S. The average Bonchev–Trinajstić information content (AvgIpc) is 3.87. The van der Waals surface area contributed by atoms with Crippen LogP contribution in [0.1, 0.15) is 83.7 Å². The van der Waals surface area contributed by atoms with Crippen LogP contribution in [0, 0.1) is 11.3 Å². The second-order valence-electron chi connectivity index (χ2n) is 19.4. The number of aliphatic hydroxyl groups is 1. The molecule has 0 unspecified atom stereocenters. The first-order chi connectivity index (χ1) is 31.7. The Morgan fingerprint density at radius 1 is 1.13 bits per heavy atom. The number of esters is 1. The van der Waals surface area contributed by atoms with Gasteiger partial charge in [-0.25, -0.2) is 14.6 Å². The van der Waals surface area contributed by atoms with Crippen molar-refractivity contribution in [2.24, 2.45) is 18.4 Å². The standard InChI is InChI=1S/C49H65N9O8S/c1-12-40(59)56-24-29(4)58(30(5)25-56)47(63)55(10)42(28(2)3)44(60)52-36-22-39-51-37(26-67-39)32-16-17-38-34(21-32)35(43(54(38)9)33-15-13-19-50-41(33)31(6)65-11)23-48(7,8)27-66-46(62)49(64)18-14-20-57(53-49)45(36)61/h12-13,15-17,19,21,26,28-31,36,42,53,64H,1,14,18,20,22-25,27H2,2-11H3,(H,52,60)/t29-,30+,31-,36-,42-,49-/m0/s1. The van der Waals surface area contributed by atoms with Gasteiger partial charge < -0.3 is 39.2 Å². The predicted molar refractivity (Wildman–Crippen MR) is 255 cm³/mol. The topological polar surface area (TPSA) is 192 Å². The Hall–Kier alpha value is -5.69. The first-order valence-electron chi connectivity index (χ1n) is 23.0. The van der Waals surface area contributed by atoms with Gasteiger partial charge in [0.1, 0.15) is 12.1 Å². The summed E-state index contributed by atoms with van der Waals surface area (Å²) in [6.45, 7) is 17.6. The third-order valence-electron chi connectivity index (χ3n) is 13.3. The van der Waals surface area contributed by atoms with Crippen molar-refractivity contribution in [1.82, 2.24) is 45.0 Å². The zero-order chi connectivity index (χ0) is 48.7. The van der Waals surface area contributed by atoms with Crippen LogP contribution in [0.15, 0.2) is 54.6 Å². The SMILES string of the molecule is C=CC(=O)N1C[C@@H](C)N(C(=O)N(C)[C@H](C(=O)N[C@H]2Cc3nc(cs3)-c3ccc4c(c3)c(c(-c3cccnc3[C@H](C)OC)n4C)CC(C)(C)COC(=O)[C@@]3(O)CCCN(N3)C2=O)C(C)C)[C@@H](C)C1. The quantitative estimate of drug-likeness (QED) is 0.155. The number of benzene rings is 1. The molecule has 3 N–H and O–H groups in total. The molecule has 67 heavy (non-hydrogen) atoms. The molecule has 0 radical (unpaired) electrons. The van der Waals surface area contributed by atoms with Gasteiger partial charge >= 0.3 is 12.0 Å². The number of thiazole rings is 1. The van der Waals surface area contributed by atoms with Gasteiger partial charge in [-0.15, -0.1) is 11.3 Å². The van der Waals surface area contributed by atoms with Crippen molar-refractivity contribution in [2.45, 2.75) is 110 Å². The molecule has 6 heterocycles. The minimum Gasteiger partial charge on any atom is -0.462 e. The molecule has 3 aliphatic heterocycles. The van der Waals surface area contributed by atoms with Gasteiger partial charge in [-0.3, -0.25) is 24.4 Å². The fraction of sp³-hybridized carbons (Fsp3) is 0.531. The molecule has 6 atom stereocenters. The third kappa shape index (κ3) is 9.85. The Labute approximate surface area is 396 Å². The number of aryl methyl sites for hydroxylation is 1. The Balaban J connectivity index is 1.26. The molecule has 18 heteroatoms. The molecule has 360 valence electrons. The number of hydrazine groups is 1. The van der Waals surface area contributed by atoms with Gasteiger partial charge in [0.25, 0.3) is 5.91 Å². The number of likely N-dealkylation sites (N-methyl/N-ethyl adjacent to an activating group) is 1. The highest BCUT2D eigenvalue weighted by atomic mass is 32.1. The maximum atomic E-state index is 14.7. The van der Waals surface area contributed by atoms with E-state index in [1.807, 2.05) is 79.1 Å². The monoisotopic (exact) mass is 939 g/mol. The Kier molecular flexibility index (Phi) is 14.3. The summed E-state index contributed by atoms with van der Waals surface area (Å²) in [5.41, 5.74) is 6.06. The Morgan fingerprint density at radius 2 is 1.85 bits per heavy atom. The van der Waals surface area contributed by atoms with Crippen molar-refractivity contribution < 1.29 is 38.6 Å². The molecule has 4 aromatic rings. The maximum absolute atomic E-state index is 14.7. The van der Waals surface area contributed by atoms with E-state index < -0.39 is 41.0 Å². The molecule has 0 spiro atoms.